The maximum absolute atomic E-state index is 12.0. The second-order valence-corrected chi connectivity index (χ2v) is 7.04. The molecule has 0 spiro atoms. The lowest BCUT2D eigenvalue weighted by atomic mass is 10.1. The molecule has 0 saturated carbocycles. The van der Waals surface area contributed by atoms with Crippen molar-refractivity contribution in [1.29, 1.82) is 0 Å². The first-order valence-corrected chi connectivity index (χ1v) is 8.16. The molecule has 7 nitrogen and oxygen atoms in total. The summed E-state index contributed by atoms with van der Waals surface area (Å²) in [6.07, 6.45) is 4.86. The number of rotatable bonds is 4. The van der Waals surface area contributed by atoms with Crippen molar-refractivity contribution in [2.75, 3.05) is 24.6 Å². The van der Waals surface area contributed by atoms with Gasteiger partial charge in [-0.15, -0.1) is 0 Å². The summed E-state index contributed by atoms with van der Waals surface area (Å²) >= 11 is 0. The van der Waals surface area contributed by atoms with E-state index in [9.17, 15) is 13.2 Å². The summed E-state index contributed by atoms with van der Waals surface area (Å²) in [5, 5.41) is 4.07. The van der Waals surface area contributed by atoms with Crippen molar-refractivity contribution in [2.24, 2.45) is 0 Å². The van der Waals surface area contributed by atoms with Crippen molar-refractivity contribution in [3.8, 4) is 0 Å². The monoisotopic (exact) mass is 286 g/mol. The van der Waals surface area contributed by atoms with Crippen LogP contribution in [0.25, 0.3) is 0 Å². The highest BCUT2D eigenvalue weighted by atomic mass is 32.2. The molecule has 8 heteroatoms. The van der Waals surface area contributed by atoms with Crippen molar-refractivity contribution >= 4 is 15.7 Å². The first-order chi connectivity index (χ1) is 9.02. The molecule has 106 valence electrons. The van der Waals surface area contributed by atoms with Crippen molar-refractivity contribution in [1.82, 2.24) is 19.7 Å². The van der Waals surface area contributed by atoms with Gasteiger partial charge in [-0.25, -0.2) is 18.1 Å². The molecule has 0 aliphatic carbocycles. The first kappa shape index (κ1) is 14.0. The number of amides is 1. The fraction of sp³-hybridized carbons (Fsp3) is 0.727. The van der Waals surface area contributed by atoms with Crippen LogP contribution < -0.4 is 0 Å². The van der Waals surface area contributed by atoms with Gasteiger partial charge in [0.15, 0.2) is 9.84 Å². The van der Waals surface area contributed by atoms with Crippen LogP contribution in [0.5, 0.6) is 0 Å². The fourth-order valence-electron chi connectivity index (χ4n) is 2.18. The Balaban J connectivity index is 1.99. The molecule has 1 aromatic heterocycles. The molecule has 0 bridgehead atoms. The van der Waals surface area contributed by atoms with Gasteiger partial charge in [0.25, 0.3) is 0 Å². The summed E-state index contributed by atoms with van der Waals surface area (Å²) in [6.45, 7) is 2.67. The molecule has 1 saturated heterocycles. The summed E-state index contributed by atoms with van der Waals surface area (Å²) in [7, 11) is -3.27. The molecule has 19 heavy (non-hydrogen) atoms. The van der Waals surface area contributed by atoms with Gasteiger partial charge in [-0.1, -0.05) is 6.92 Å². The van der Waals surface area contributed by atoms with Gasteiger partial charge >= 0.3 is 0 Å². The Kier molecular flexibility index (Phi) is 4.18. The minimum atomic E-state index is -3.27. The largest absolute Gasteiger partial charge is 0.340 e. The van der Waals surface area contributed by atoms with E-state index in [0.29, 0.717) is 13.1 Å². The predicted molar refractivity (Wildman–Crippen MR) is 69.2 cm³/mol. The van der Waals surface area contributed by atoms with Crippen LogP contribution in [0.3, 0.4) is 0 Å². The van der Waals surface area contributed by atoms with Gasteiger partial charge in [0, 0.05) is 18.8 Å². The Morgan fingerprint density at radius 3 is 2.89 bits per heavy atom. The van der Waals surface area contributed by atoms with E-state index < -0.39 is 15.6 Å². The fourth-order valence-corrected chi connectivity index (χ4v) is 2.95. The van der Waals surface area contributed by atoms with Gasteiger partial charge in [0.1, 0.15) is 18.4 Å². The Labute approximate surface area is 112 Å². The number of likely N-dealkylation sites (tertiary alicyclic amines) is 1. The van der Waals surface area contributed by atoms with Crippen LogP contribution >= 0.6 is 0 Å². The molecule has 0 radical (unpaired) electrons. The summed E-state index contributed by atoms with van der Waals surface area (Å²) < 4.78 is 24.7. The number of hydrogen-bond acceptors (Lipinski definition) is 5. The second-order valence-electron chi connectivity index (χ2n) is 4.69. The third-order valence-corrected chi connectivity index (χ3v) is 4.91. The molecule has 0 N–H and O–H groups in total. The molecule has 0 aromatic carbocycles. The molecule has 1 fully saturated rings. The van der Waals surface area contributed by atoms with Gasteiger partial charge < -0.3 is 4.90 Å². The number of carbonyl (C=O) groups excluding carboxylic acids is 1. The lowest BCUT2D eigenvalue weighted by Crippen LogP contribution is -2.43. The van der Waals surface area contributed by atoms with Crippen LogP contribution in [-0.2, 0) is 14.6 Å². The van der Waals surface area contributed by atoms with Crippen LogP contribution in [-0.4, -0.2) is 58.6 Å². The highest BCUT2D eigenvalue weighted by Gasteiger charge is 2.27. The van der Waals surface area contributed by atoms with Crippen LogP contribution in [0, 0.1) is 0 Å². The highest BCUT2D eigenvalue weighted by Crippen LogP contribution is 2.20. The van der Waals surface area contributed by atoms with Gasteiger partial charge in [0.05, 0.1) is 6.04 Å². The number of aromatic nitrogens is 3. The van der Waals surface area contributed by atoms with Crippen molar-refractivity contribution in [2.45, 2.75) is 25.8 Å². The van der Waals surface area contributed by atoms with E-state index in [0.717, 1.165) is 12.8 Å². The standard InChI is InChI=1S/C11H18N4O3S/c1-2-19(17,18)7-11(16)14-5-3-4-10(6-14)15-9-12-8-13-15/h8-10H,2-7H2,1H3/t10-/m1/s1. The quantitative estimate of drug-likeness (QED) is 0.770. The lowest BCUT2D eigenvalue weighted by molar-refractivity contribution is -0.130. The summed E-state index contributed by atoms with van der Waals surface area (Å²) in [6, 6.07) is 0.0875. The molecule has 1 aromatic rings. The molecular weight excluding hydrogens is 268 g/mol. The van der Waals surface area contributed by atoms with Crippen LogP contribution in [0.2, 0.25) is 0 Å². The van der Waals surface area contributed by atoms with Crippen LogP contribution in [0.1, 0.15) is 25.8 Å². The molecule has 1 atom stereocenters. The zero-order chi connectivity index (χ0) is 13.9. The average molecular weight is 286 g/mol. The SMILES string of the molecule is CCS(=O)(=O)CC(=O)N1CCC[C@@H](n2cncn2)C1. The van der Waals surface area contributed by atoms with Gasteiger partial charge in [-0.3, -0.25) is 4.79 Å². The number of nitrogens with zero attached hydrogens (tertiary/aromatic N) is 4. The third kappa shape index (κ3) is 3.52. The number of sulfone groups is 1. The second kappa shape index (κ2) is 5.68. The average Bonchev–Trinajstić information content (AvgIpc) is 2.92. The van der Waals surface area contributed by atoms with Crippen LogP contribution in [0.4, 0.5) is 0 Å². The minimum Gasteiger partial charge on any atom is -0.340 e. The molecule has 1 aliphatic rings. The van der Waals surface area contributed by atoms with Gasteiger partial charge in [-0.05, 0) is 12.8 Å². The van der Waals surface area contributed by atoms with Crippen molar-refractivity contribution in [3.63, 3.8) is 0 Å². The van der Waals surface area contributed by atoms with E-state index in [2.05, 4.69) is 10.1 Å². The highest BCUT2D eigenvalue weighted by molar-refractivity contribution is 7.92. The Hall–Kier alpha value is -1.44. The Morgan fingerprint density at radius 1 is 1.47 bits per heavy atom. The predicted octanol–water partition coefficient (Wildman–Crippen LogP) is -0.124. The maximum Gasteiger partial charge on any atom is 0.237 e. The summed E-state index contributed by atoms with van der Waals surface area (Å²) in [5.74, 6) is -0.709. The third-order valence-electron chi connectivity index (χ3n) is 3.34. The smallest absolute Gasteiger partial charge is 0.237 e. The van der Waals surface area contributed by atoms with E-state index >= 15 is 0 Å². The molecule has 1 aliphatic heterocycles. The summed E-state index contributed by atoms with van der Waals surface area (Å²) in [4.78, 5) is 17.5. The molecular formula is C11H18N4O3S. The minimum absolute atomic E-state index is 0.000908. The van der Waals surface area contributed by atoms with Crippen LogP contribution in [0.15, 0.2) is 12.7 Å². The van der Waals surface area contributed by atoms with E-state index in [1.165, 1.54) is 6.33 Å². The van der Waals surface area contributed by atoms with Gasteiger partial charge in [-0.2, -0.15) is 5.10 Å². The van der Waals surface area contributed by atoms with E-state index in [1.54, 1.807) is 22.8 Å². The van der Waals surface area contributed by atoms with Gasteiger partial charge in [0.2, 0.25) is 5.91 Å². The molecule has 2 heterocycles. The van der Waals surface area contributed by atoms with Crippen molar-refractivity contribution in [3.05, 3.63) is 12.7 Å². The normalized spacial score (nSPS) is 20.5. The number of piperidine rings is 1. The molecule has 0 unspecified atom stereocenters. The number of hydrogen-bond donors (Lipinski definition) is 0. The van der Waals surface area contributed by atoms with E-state index in [4.69, 9.17) is 0 Å². The lowest BCUT2D eigenvalue weighted by Gasteiger charge is -2.32. The maximum atomic E-state index is 12.0. The zero-order valence-electron chi connectivity index (χ0n) is 10.9. The molecule has 1 amide bonds. The molecule has 2 rings (SSSR count). The topological polar surface area (TPSA) is 85.2 Å². The number of carbonyl (C=O) groups is 1. The van der Waals surface area contributed by atoms with E-state index in [1.807, 2.05) is 0 Å². The first-order valence-electron chi connectivity index (χ1n) is 6.34. The zero-order valence-corrected chi connectivity index (χ0v) is 11.7. The Bertz CT molecular complexity index is 526. The Morgan fingerprint density at radius 2 is 2.26 bits per heavy atom. The summed E-state index contributed by atoms with van der Waals surface area (Å²) in [5.41, 5.74) is 0. The van der Waals surface area contributed by atoms with Crippen molar-refractivity contribution < 1.29 is 13.2 Å². The van der Waals surface area contributed by atoms with E-state index in [-0.39, 0.29) is 17.7 Å².